The molecule has 2 atom stereocenters. The maximum atomic E-state index is 12.7. The SMILES string of the molecule is COc1cc2nc(CN3C[C@H]4C[C@@H](C3)c3cccc(=O)n3C4)[nH]c(=O)c2cc1OC. The molecule has 1 saturated heterocycles. The van der Waals surface area contributed by atoms with Crippen LogP contribution in [0.15, 0.2) is 39.9 Å². The van der Waals surface area contributed by atoms with Crippen LogP contribution in [0.1, 0.15) is 23.9 Å². The van der Waals surface area contributed by atoms with Gasteiger partial charge in [0.25, 0.3) is 11.1 Å². The van der Waals surface area contributed by atoms with Crippen LogP contribution < -0.4 is 20.6 Å². The number of piperidine rings is 1. The van der Waals surface area contributed by atoms with Crippen LogP contribution in [0.4, 0.5) is 0 Å². The minimum Gasteiger partial charge on any atom is -0.493 e. The molecule has 0 radical (unpaired) electrons. The maximum Gasteiger partial charge on any atom is 0.258 e. The largest absolute Gasteiger partial charge is 0.493 e. The fourth-order valence-electron chi connectivity index (χ4n) is 4.93. The summed E-state index contributed by atoms with van der Waals surface area (Å²) in [4.78, 5) is 34.8. The number of aromatic amines is 1. The van der Waals surface area contributed by atoms with Crippen molar-refractivity contribution in [3.8, 4) is 11.5 Å². The van der Waals surface area contributed by atoms with E-state index in [1.165, 1.54) is 0 Å². The summed E-state index contributed by atoms with van der Waals surface area (Å²) in [6.45, 7) is 3.03. The summed E-state index contributed by atoms with van der Waals surface area (Å²) in [6, 6.07) is 8.93. The molecule has 1 fully saturated rings. The molecule has 8 heteroatoms. The van der Waals surface area contributed by atoms with E-state index < -0.39 is 0 Å². The van der Waals surface area contributed by atoms with Gasteiger partial charge in [-0.2, -0.15) is 0 Å². The van der Waals surface area contributed by atoms with E-state index in [1.54, 1.807) is 32.4 Å². The third-order valence-electron chi connectivity index (χ3n) is 6.19. The monoisotopic (exact) mass is 408 g/mol. The Hall–Kier alpha value is -3.13. The maximum absolute atomic E-state index is 12.7. The molecule has 0 aliphatic carbocycles. The Kier molecular flexibility index (Phi) is 4.58. The van der Waals surface area contributed by atoms with Gasteiger partial charge in [-0.15, -0.1) is 0 Å². The van der Waals surface area contributed by atoms with Gasteiger partial charge < -0.3 is 19.0 Å². The van der Waals surface area contributed by atoms with Crippen molar-refractivity contribution < 1.29 is 9.47 Å². The Morgan fingerprint density at radius 1 is 1.10 bits per heavy atom. The van der Waals surface area contributed by atoms with Crippen molar-refractivity contribution in [2.24, 2.45) is 5.92 Å². The Labute approximate surface area is 173 Å². The third-order valence-corrected chi connectivity index (χ3v) is 6.19. The minimum atomic E-state index is -0.190. The molecule has 5 rings (SSSR count). The highest BCUT2D eigenvalue weighted by atomic mass is 16.5. The fourth-order valence-corrected chi connectivity index (χ4v) is 4.93. The van der Waals surface area contributed by atoms with Gasteiger partial charge in [-0.1, -0.05) is 6.07 Å². The van der Waals surface area contributed by atoms with Gasteiger partial charge >= 0.3 is 0 Å². The van der Waals surface area contributed by atoms with E-state index in [1.807, 2.05) is 10.6 Å². The average Bonchev–Trinajstić information content (AvgIpc) is 2.73. The first-order chi connectivity index (χ1) is 14.6. The molecule has 1 N–H and O–H groups in total. The lowest BCUT2D eigenvalue weighted by Crippen LogP contribution is -2.46. The number of hydrogen-bond acceptors (Lipinski definition) is 6. The van der Waals surface area contributed by atoms with E-state index in [4.69, 9.17) is 9.47 Å². The summed E-state index contributed by atoms with van der Waals surface area (Å²) >= 11 is 0. The smallest absolute Gasteiger partial charge is 0.258 e. The second-order valence-corrected chi connectivity index (χ2v) is 8.13. The Bertz CT molecular complexity index is 1230. The number of aromatic nitrogens is 3. The van der Waals surface area contributed by atoms with Gasteiger partial charge in [0, 0.05) is 43.4 Å². The van der Waals surface area contributed by atoms with Crippen LogP contribution in [0.25, 0.3) is 10.9 Å². The molecule has 2 aromatic heterocycles. The average molecular weight is 408 g/mol. The van der Waals surface area contributed by atoms with Crippen molar-refractivity contribution in [2.75, 3.05) is 27.3 Å². The number of methoxy groups -OCH3 is 2. The zero-order valence-electron chi connectivity index (χ0n) is 17.1. The van der Waals surface area contributed by atoms with E-state index in [0.29, 0.717) is 46.6 Å². The number of benzene rings is 1. The van der Waals surface area contributed by atoms with Gasteiger partial charge in [-0.3, -0.25) is 14.5 Å². The summed E-state index contributed by atoms with van der Waals surface area (Å²) in [7, 11) is 3.10. The molecule has 30 heavy (non-hydrogen) atoms. The molecular formula is C22H24N4O4. The van der Waals surface area contributed by atoms with Crippen LogP contribution in [-0.4, -0.2) is 46.7 Å². The highest BCUT2D eigenvalue weighted by Gasteiger charge is 2.34. The summed E-state index contributed by atoms with van der Waals surface area (Å²) in [5.41, 5.74) is 1.59. The molecule has 0 amide bonds. The van der Waals surface area contributed by atoms with E-state index >= 15 is 0 Å². The highest BCUT2D eigenvalue weighted by Crippen LogP contribution is 2.35. The van der Waals surface area contributed by atoms with Crippen molar-refractivity contribution in [2.45, 2.75) is 25.4 Å². The molecule has 4 heterocycles. The Morgan fingerprint density at radius 3 is 2.70 bits per heavy atom. The van der Waals surface area contributed by atoms with Crippen molar-refractivity contribution in [3.63, 3.8) is 0 Å². The third kappa shape index (κ3) is 3.17. The number of nitrogens with one attached hydrogen (secondary N) is 1. The molecule has 156 valence electrons. The molecule has 0 saturated carbocycles. The molecule has 2 aliphatic rings. The lowest BCUT2D eigenvalue weighted by molar-refractivity contribution is 0.112. The number of fused-ring (bicyclic) bond motifs is 5. The standard InChI is InChI=1S/C22H24N4O4/c1-29-18-7-15-16(8-19(18)30-2)23-20(24-22(15)28)12-25-9-13-6-14(11-25)17-4-3-5-21(27)26(17)10-13/h3-5,7-8,13-14H,6,9-12H2,1-2H3,(H,23,24,28)/t13-,14+/m1/s1. The van der Waals surface area contributed by atoms with Crippen molar-refractivity contribution in [1.82, 2.24) is 19.4 Å². The predicted octanol–water partition coefficient (Wildman–Crippen LogP) is 1.72. The zero-order valence-corrected chi connectivity index (χ0v) is 17.1. The second kappa shape index (κ2) is 7.28. The number of pyridine rings is 1. The zero-order chi connectivity index (χ0) is 20.8. The van der Waals surface area contributed by atoms with Gasteiger partial charge in [-0.25, -0.2) is 4.98 Å². The lowest BCUT2D eigenvalue weighted by Gasteiger charge is -2.42. The van der Waals surface area contributed by atoms with Crippen LogP contribution in [-0.2, 0) is 13.1 Å². The van der Waals surface area contributed by atoms with Gasteiger partial charge in [0.2, 0.25) is 0 Å². The van der Waals surface area contributed by atoms with Gasteiger partial charge in [-0.05, 0) is 24.5 Å². The first-order valence-corrected chi connectivity index (χ1v) is 10.1. The van der Waals surface area contributed by atoms with Crippen molar-refractivity contribution >= 4 is 10.9 Å². The number of rotatable bonds is 4. The van der Waals surface area contributed by atoms with E-state index in [0.717, 1.165) is 31.7 Å². The molecule has 8 nitrogen and oxygen atoms in total. The molecule has 1 aromatic carbocycles. The molecule has 3 aromatic rings. The van der Waals surface area contributed by atoms with Crippen molar-refractivity contribution in [1.29, 1.82) is 0 Å². The summed E-state index contributed by atoms with van der Waals surface area (Å²) in [6.07, 6.45) is 1.10. The highest BCUT2D eigenvalue weighted by molar-refractivity contribution is 5.81. The predicted molar refractivity (Wildman–Crippen MR) is 112 cm³/mol. The van der Waals surface area contributed by atoms with Crippen molar-refractivity contribution in [3.05, 3.63) is 62.6 Å². The molecule has 0 unspecified atom stereocenters. The lowest BCUT2D eigenvalue weighted by atomic mass is 9.83. The normalized spacial score (nSPS) is 20.7. The minimum absolute atomic E-state index is 0.0838. The Morgan fingerprint density at radius 2 is 1.90 bits per heavy atom. The van der Waals surface area contributed by atoms with Gasteiger partial charge in [0.05, 0.1) is 31.7 Å². The molecule has 2 bridgehead atoms. The molecule has 0 spiro atoms. The van der Waals surface area contributed by atoms with E-state index in [-0.39, 0.29) is 11.1 Å². The summed E-state index contributed by atoms with van der Waals surface area (Å²) < 4.78 is 12.6. The molecule has 2 aliphatic heterocycles. The van der Waals surface area contributed by atoms with E-state index in [2.05, 4.69) is 20.9 Å². The summed E-state index contributed by atoms with van der Waals surface area (Å²) in [5.74, 6) is 2.42. The number of hydrogen-bond donors (Lipinski definition) is 1. The van der Waals surface area contributed by atoms with E-state index in [9.17, 15) is 9.59 Å². The fraction of sp³-hybridized carbons (Fsp3) is 0.409. The number of H-pyrrole nitrogens is 1. The van der Waals surface area contributed by atoms with Crippen LogP contribution >= 0.6 is 0 Å². The quantitative estimate of drug-likeness (QED) is 0.707. The second-order valence-electron chi connectivity index (χ2n) is 8.13. The number of nitrogens with zero attached hydrogens (tertiary/aromatic N) is 3. The van der Waals surface area contributed by atoms with Crippen LogP contribution in [0.3, 0.4) is 0 Å². The van der Waals surface area contributed by atoms with Gasteiger partial charge in [0.1, 0.15) is 5.82 Å². The number of ether oxygens (including phenoxy) is 2. The summed E-state index contributed by atoms with van der Waals surface area (Å²) in [5, 5.41) is 0.472. The van der Waals surface area contributed by atoms with Crippen LogP contribution in [0, 0.1) is 5.92 Å². The van der Waals surface area contributed by atoms with Crippen LogP contribution in [0.5, 0.6) is 11.5 Å². The van der Waals surface area contributed by atoms with Gasteiger partial charge in [0.15, 0.2) is 11.5 Å². The van der Waals surface area contributed by atoms with Crippen LogP contribution in [0.2, 0.25) is 0 Å². The first-order valence-electron chi connectivity index (χ1n) is 10.1. The first kappa shape index (κ1) is 18.9. The topological polar surface area (TPSA) is 89.5 Å². The number of likely N-dealkylation sites (tertiary alicyclic amines) is 1. The molecular weight excluding hydrogens is 384 g/mol. The Balaban J connectivity index is 1.44.